The largest absolute Gasteiger partial charge is 0.355 e. The number of guanidine groups is 1. The quantitative estimate of drug-likeness (QED) is 0.439. The van der Waals surface area contributed by atoms with Gasteiger partial charge in [-0.2, -0.15) is 0 Å². The maximum Gasteiger partial charge on any atom is 0.191 e. The Morgan fingerprint density at radius 3 is 2.61 bits per heavy atom. The first-order valence-corrected chi connectivity index (χ1v) is 7.05. The van der Waals surface area contributed by atoms with Crippen LogP contribution in [0, 0.1) is 0 Å². The van der Waals surface area contributed by atoms with E-state index in [-0.39, 0.29) is 0 Å². The lowest BCUT2D eigenvalue weighted by Crippen LogP contribution is -2.47. The standard InChI is InChI=1S/C14H26N4/c1-11(18(3)13-8-9-13)10-16-14(15-2)17-12-6-4-5-7-12/h4-5,11-13H,6-10H2,1-3H3,(H2,15,16,17). The van der Waals surface area contributed by atoms with Crippen molar-refractivity contribution in [2.45, 2.75) is 50.7 Å². The van der Waals surface area contributed by atoms with Crippen LogP contribution in [0.4, 0.5) is 0 Å². The Bertz CT molecular complexity index is 312. The SMILES string of the molecule is CN=C(NCC(C)N(C)C1CC1)NC1CC=CC1. The Balaban J connectivity index is 1.69. The number of nitrogens with zero attached hydrogens (tertiary/aromatic N) is 2. The fraction of sp³-hybridized carbons (Fsp3) is 0.786. The Hall–Kier alpha value is -1.03. The summed E-state index contributed by atoms with van der Waals surface area (Å²) >= 11 is 0. The van der Waals surface area contributed by atoms with Crippen LogP contribution in [-0.4, -0.2) is 49.6 Å². The predicted molar refractivity (Wildman–Crippen MR) is 76.9 cm³/mol. The van der Waals surface area contributed by atoms with Gasteiger partial charge in [-0.25, -0.2) is 0 Å². The van der Waals surface area contributed by atoms with Crippen molar-refractivity contribution in [3.63, 3.8) is 0 Å². The molecule has 18 heavy (non-hydrogen) atoms. The first-order chi connectivity index (χ1) is 8.70. The molecule has 0 saturated heterocycles. The van der Waals surface area contributed by atoms with Crippen LogP contribution in [0.5, 0.6) is 0 Å². The van der Waals surface area contributed by atoms with Gasteiger partial charge in [-0.15, -0.1) is 0 Å². The molecule has 0 aliphatic heterocycles. The lowest BCUT2D eigenvalue weighted by Gasteiger charge is -2.26. The van der Waals surface area contributed by atoms with Gasteiger partial charge in [0.15, 0.2) is 5.96 Å². The number of likely N-dealkylation sites (N-methyl/N-ethyl adjacent to an activating group) is 1. The maximum absolute atomic E-state index is 4.29. The van der Waals surface area contributed by atoms with Crippen molar-refractivity contribution in [3.05, 3.63) is 12.2 Å². The summed E-state index contributed by atoms with van der Waals surface area (Å²) in [6, 6.07) is 1.89. The van der Waals surface area contributed by atoms with Crippen LogP contribution in [0.3, 0.4) is 0 Å². The van der Waals surface area contributed by atoms with Gasteiger partial charge in [0.2, 0.25) is 0 Å². The van der Waals surface area contributed by atoms with E-state index in [2.05, 4.69) is 46.6 Å². The Morgan fingerprint density at radius 2 is 2.06 bits per heavy atom. The van der Waals surface area contributed by atoms with Crippen LogP contribution in [0.1, 0.15) is 32.6 Å². The average Bonchev–Trinajstić information content (AvgIpc) is 3.11. The third-order valence-corrected chi connectivity index (χ3v) is 3.96. The average molecular weight is 250 g/mol. The lowest BCUT2D eigenvalue weighted by molar-refractivity contribution is 0.247. The number of hydrogen-bond donors (Lipinski definition) is 2. The van der Waals surface area contributed by atoms with Crippen molar-refractivity contribution < 1.29 is 0 Å². The summed E-state index contributed by atoms with van der Waals surface area (Å²) in [6.07, 6.45) is 9.41. The molecule has 0 aromatic heterocycles. The summed E-state index contributed by atoms with van der Waals surface area (Å²) in [6.45, 7) is 3.22. The van der Waals surface area contributed by atoms with E-state index in [1.165, 1.54) is 12.8 Å². The highest BCUT2D eigenvalue weighted by Gasteiger charge is 2.29. The molecule has 1 unspecified atom stereocenters. The highest BCUT2D eigenvalue weighted by Crippen LogP contribution is 2.26. The smallest absolute Gasteiger partial charge is 0.191 e. The van der Waals surface area contributed by atoms with Gasteiger partial charge in [0.05, 0.1) is 0 Å². The molecule has 0 bridgehead atoms. The molecule has 0 heterocycles. The molecule has 2 N–H and O–H groups in total. The van der Waals surface area contributed by atoms with Gasteiger partial charge in [-0.1, -0.05) is 12.2 Å². The molecule has 4 heteroatoms. The first-order valence-electron chi connectivity index (χ1n) is 7.05. The second kappa shape index (κ2) is 6.23. The van der Waals surface area contributed by atoms with Crippen LogP contribution in [0.15, 0.2) is 17.1 Å². The topological polar surface area (TPSA) is 39.7 Å². The summed E-state index contributed by atoms with van der Waals surface area (Å²) < 4.78 is 0. The minimum atomic E-state index is 0.521. The molecule has 0 amide bonds. The van der Waals surface area contributed by atoms with Gasteiger partial charge in [-0.3, -0.25) is 9.89 Å². The van der Waals surface area contributed by atoms with E-state index in [0.29, 0.717) is 12.1 Å². The summed E-state index contributed by atoms with van der Waals surface area (Å²) in [5.74, 6) is 0.930. The fourth-order valence-electron chi connectivity index (χ4n) is 2.35. The van der Waals surface area contributed by atoms with E-state index in [1.807, 2.05) is 7.05 Å². The molecule has 2 rings (SSSR count). The number of rotatable bonds is 5. The normalized spacial score (nSPS) is 22.6. The third-order valence-electron chi connectivity index (χ3n) is 3.96. The minimum absolute atomic E-state index is 0.521. The molecule has 0 aromatic carbocycles. The minimum Gasteiger partial charge on any atom is -0.355 e. The zero-order valence-electron chi connectivity index (χ0n) is 11.8. The highest BCUT2D eigenvalue weighted by molar-refractivity contribution is 5.80. The zero-order valence-corrected chi connectivity index (χ0v) is 11.8. The predicted octanol–water partition coefficient (Wildman–Crippen LogP) is 1.35. The molecule has 0 aromatic rings. The van der Waals surface area contributed by atoms with Crippen LogP contribution >= 0.6 is 0 Å². The molecular weight excluding hydrogens is 224 g/mol. The number of hydrogen-bond acceptors (Lipinski definition) is 2. The van der Waals surface area contributed by atoms with Crippen LogP contribution in [0.25, 0.3) is 0 Å². The Labute approximate surface area is 111 Å². The van der Waals surface area contributed by atoms with E-state index >= 15 is 0 Å². The van der Waals surface area contributed by atoms with Crippen LogP contribution in [0.2, 0.25) is 0 Å². The Morgan fingerprint density at radius 1 is 1.39 bits per heavy atom. The fourth-order valence-corrected chi connectivity index (χ4v) is 2.35. The molecule has 102 valence electrons. The molecule has 1 saturated carbocycles. The second-order valence-electron chi connectivity index (χ2n) is 5.48. The molecule has 0 spiro atoms. The van der Waals surface area contributed by atoms with Gasteiger partial charge in [0.1, 0.15) is 0 Å². The lowest BCUT2D eigenvalue weighted by atomic mass is 10.2. The summed E-state index contributed by atoms with van der Waals surface area (Å²) in [4.78, 5) is 6.76. The maximum atomic E-state index is 4.29. The van der Waals surface area contributed by atoms with Crippen molar-refractivity contribution in [3.8, 4) is 0 Å². The Kier molecular flexibility index (Phi) is 4.64. The molecule has 0 radical (unpaired) electrons. The van der Waals surface area contributed by atoms with E-state index < -0.39 is 0 Å². The molecule has 2 aliphatic rings. The number of nitrogens with one attached hydrogen (secondary N) is 2. The van der Waals surface area contributed by atoms with Crippen LogP contribution < -0.4 is 10.6 Å². The van der Waals surface area contributed by atoms with Crippen molar-refractivity contribution >= 4 is 5.96 Å². The highest BCUT2D eigenvalue weighted by atomic mass is 15.2. The zero-order chi connectivity index (χ0) is 13.0. The van der Waals surface area contributed by atoms with Crippen molar-refractivity contribution in [2.75, 3.05) is 20.6 Å². The summed E-state index contributed by atoms with van der Waals surface area (Å²) in [5, 5.41) is 6.89. The molecule has 1 fully saturated rings. The van der Waals surface area contributed by atoms with E-state index in [9.17, 15) is 0 Å². The van der Waals surface area contributed by atoms with E-state index in [1.54, 1.807) is 0 Å². The molecular formula is C14H26N4. The van der Waals surface area contributed by atoms with Gasteiger partial charge in [-0.05, 0) is 39.7 Å². The molecule has 4 nitrogen and oxygen atoms in total. The van der Waals surface area contributed by atoms with E-state index in [0.717, 1.165) is 31.4 Å². The van der Waals surface area contributed by atoms with Crippen molar-refractivity contribution in [1.29, 1.82) is 0 Å². The van der Waals surface area contributed by atoms with E-state index in [4.69, 9.17) is 0 Å². The third kappa shape index (κ3) is 3.73. The molecule has 2 aliphatic carbocycles. The summed E-state index contributed by atoms with van der Waals surface area (Å²) in [7, 11) is 4.06. The monoisotopic (exact) mass is 250 g/mol. The van der Waals surface area contributed by atoms with Gasteiger partial charge < -0.3 is 10.6 Å². The molecule has 1 atom stereocenters. The summed E-state index contributed by atoms with van der Waals surface area (Å²) in [5.41, 5.74) is 0. The van der Waals surface area contributed by atoms with Gasteiger partial charge in [0, 0.05) is 31.7 Å². The first kappa shape index (κ1) is 13.4. The van der Waals surface area contributed by atoms with Gasteiger partial charge >= 0.3 is 0 Å². The second-order valence-corrected chi connectivity index (χ2v) is 5.48. The van der Waals surface area contributed by atoms with Crippen molar-refractivity contribution in [2.24, 2.45) is 4.99 Å². The van der Waals surface area contributed by atoms with Crippen molar-refractivity contribution in [1.82, 2.24) is 15.5 Å². The van der Waals surface area contributed by atoms with Gasteiger partial charge in [0.25, 0.3) is 0 Å². The van der Waals surface area contributed by atoms with Crippen LogP contribution in [-0.2, 0) is 0 Å². The number of aliphatic imine (C=N–C) groups is 1.